The maximum atomic E-state index is 5.49. The minimum absolute atomic E-state index is 0.171. The molecule has 0 radical (unpaired) electrons. The van der Waals surface area contributed by atoms with Crippen LogP contribution in [0.2, 0.25) is 0 Å². The fraction of sp³-hybridized carbons (Fsp3) is 0.478. The molecule has 2 aromatic rings. The molecule has 0 unspecified atom stereocenters. The van der Waals surface area contributed by atoms with Crippen LogP contribution in [0.25, 0.3) is 0 Å². The summed E-state index contributed by atoms with van der Waals surface area (Å²) in [6.07, 6.45) is 2.16. The highest BCUT2D eigenvalue weighted by molar-refractivity contribution is 5.58. The molecule has 0 aromatic heterocycles. The van der Waals surface area contributed by atoms with Gasteiger partial charge in [-0.05, 0) is 60.0 Å². The van der Waals surface area contributed by atoms with Gasteiger partial charge in [-0.15, -0.1) is 0 Å². The van der Waals surface area contributed by atoms with Gasteiger partial charge in [-0.25, -0.2) is 0 Å². The highest BCUT2D eigenvalue weighted by atomic mass is 16.5. The number of ether oxygens (including phenoxy) is 2. The Morgan fingerprint density at radius 2 is 1.81 bits per heavy atom. The Morgan fingerprint density at radius 1 is 1.04 bits per heavy atom. The Kier molecular flexibility index (Phi) is 4.77. The molecule has 0 aliphatic carbocycles. The second kappa shape index (κ2) is 7.08. The van der Waals surface area contributed by atoms with Crippen LogP contribution in [0.15, 0.2) is 42.5 Å². The van der Waals surface area contributed by atoms with Crippen molar-refractivity contribution in [3.63, 3.8) is 0 Å². The SMILES string of the molecule is COc1ccc(C[C@@H]2NCC[C@H]3[C@@H]2Nc2ccccc2C3(C)C)cc1OC. The van der Waals surface area contributed by atoms with Crippen LogP contribution in [0, 0.1) is 5.92 Å². The van der Waals surface area contributed by atoms with Crippen molar-refractivity contribution in [2.45, 2.75) is 44.2 Å². The van der Waals surface area contributed by atoms with E-state index in [2.05, 4.69) is 60.9 Å². The van der Waals surface area contributed by atoms with E-state index in [1.165, 1.54) is 23.2 Å². The van der Waals surface area contributed by atoms with Crippen LogP contribution in [0.5, 0.6) is 11.5 Å². The van der Waals surface area contributed by atoms with Gasteiger partial charge < -0.3 is 20.1 Å². The first kappa shape index (κ1) is 18.2. The summed E-state index contributed by atoms with van der Waals surface area (Å²) in [5, 5.41) is 7.62. The molecule has 2 aliphatic heterocycles. The fourth-order valence-corrected chi connectivity index (χ4v) is 5.03. The fourth-order valence-electron chi connectivity index (χ4n) is 5.03. The van der Waals surface area contributed by atoms with E-state index in [-0.39, 0.29) is 5.41 Å². The zero-order chi connectivity index (χ0) is 19.0. The summed E-state index contributed by atoms with van der Waals surface area (Å²) in [5.74, 6) is 2.19. The number of nitrogens with one attached hydrogen (secondary N) is 2. The number of hydrogen-bond acceptors (Lipinski definition) is 4. The Hall–Kier alpha value is -2.20. The molecule has 2 aliphatic rings. The molecule has 0 amide bonds. The van der Waals surface area contributed by atoms with Crippen LogP contribution in [0.4, 0.5) is 5.69 Å². The maximum Gasteiger partial charge on any atom is 0.160 e. The van der Waals surface area contributed by atoms with Gasteiger partial charge in [0.25, 0.3) is 0 Å². The summed E-state index contributed by atoms with van der Waals surface area (Å²) in [5.41, 5.74) is 4.16. The van der Waals surface area contributed by atoms with Gasteiger partial charge in [0.1, 0.15) is 0 Å². The van der Waals surface area contributed by atoms with E-state index in [1.54, 1.807) is 14.2 Å². The summed E-state index contributed by atoms with van der Waals surface area (Å²) < 4.78 is 10.9. The third-order valence-electron chi connectivity index (χ3n) is 6.50. The van der Waals surface area contributed by atoms with Crippen LogP contribution >= 0.6 is 0 Å². The smallest absolute Gasteiger partial charge is 0.160 e. The number of rotatable bonds is 4. The Balaban J connectivity index is 1.62. The van der Waals surface area contributed by atoms with Crippen molar-refractivity contribution < 1.29 is 9.47 Å². The molecule has 2 heterocycles. The molecule has 2 aromatic carbocycles. The standard InChI is InChI=1S/C23H30N2O2/c1-23(2)16-7-5-6-8-18(16)25-22-17(23)11-12-24-19(22)13-15-9-10-20(26-3)21(14-15)27-4/h5-10,14,17,19,22,24-25H,11-13H2,1-4H3/t17-,19-,22-/m0/s1. The lowest BCUT2D eigenvalue weighted by Crippen LogP contribution is -2.60. The van der Waals surface area contributed by atoms with Crippen molar-refractivity contribution in [2.75, 3.05) is 26.1 Å². The van der Waals surface area contributed by atoms with Crippen molar-refractivity contribution in [2.24, 2.45) is 5.92 Å². The Labute approximate surface area is 162 Å². The molecule has 4 rings (SSSR count). The molecule has 0 bridgehead atoms. The summed E-state index contributed by atoms with van der Waals surface area (Å²) in [4.78, 5) is 0. The van der Waals surface area contributed by atoms with Crippen molar-refractivity contribution in [1.29, 1.82) is 0 Å². The minimum atomic E-state index is 0.171. The molecule has 0 saturated carbocycles. The van der Waals surface area contributed by atoms with Crippen LogP contribution in [0.1, 0.15) is 31.4 Å². The van der Waals surface area contributed by atoms with Crippen molar-refractivity contribution in [3.05, 3.63) is 53.6 Å². The van der Waals surface area contributed by atoms with E-state index >= 15 is 0 Å². The number of hydrogen-bond donors (Lipinski definition) is 2. The normalized spacial score (nSPS) is 25.7. The summed E-state index contributed by atoms with van der Waals surface area (Å²) in [6, 6.07) is 15.8. The summed E-state index contributed by atoms with van der Waals surface area (Å²) >= 11 is 0. The molecule has 27 heavy (non-hydrogen) atoms. The van der Waals surface area contributed by atoms with E-state index in [0.29, 0.717) is 18.0 Å². The summed E-state index contributed by atoms with van der Waals surface area (Å²) in [7, 11) is 3.37. The average molecular weight is 367 g/mol. The van der Waals surface area contributed by atoms with Gasteiger partial charge in [-0.3, -0.25) is 0 Å². The van der Waals surface area contributed by atoms with E-state index in [1.807, 2.05) is 6.07 Å². The third kappa shape index (κ3) is 3.16. The van der Waals surface area contributed by atoms with Gasteiger partial charge in [0, 0.05) is 17.8 Å². The molecule has 0 spiro atoms. The molecule has 1 fully saturated rings. The van der Waals surface area contributed by atoms with Crippen LogP contribution in [-0.2, 0) is 11.8 Å². The van der Waals surface area contributed by atoms with E-state index in [0.717, 1.165) is 24.5 Å². The monoisotopic (exact) mass is 366 g/mol. The van der Waals surface area contributed by atoms with Gasteiger partial charge in [-0.1, -0.05) is 38.1 Å². The molecule has 4 nitrogen and oxygen atoms in total. The highest BCUT2D eigenvalue weighted by Crippen LogP contribution is 2.46. The average Bonchev–Trinajstić information content (AvgIpc) is 2.68. The van der Waals surface area contributed by atoms with Gasteiger partial charge in [0.15, 0.2) is 11.5 Å². The van der Waals surface area contributed by atoms with Gasteiger partial charge in [0.2, 0.25) is 0 Å². The quantitative estimate of drug-likeness (QED) is 0.858. The van der Waals surface area contributed by atoms with Crippen LogP contribution in [0.3, 0.4) is 0 Å². The van der Waals surface area contributed by atoms with E-state index < -0.39 is 0 Å². The van der Waals surface area contributed by atoms with E-state index in [4.69, 9.17) is 9.47 Å². The number of methoxy groups -OCH3 is 2. The van der Waals surface area contributed by atoms with Crippen molar-refractivity contribution in [1.82, 2.24) is 5.32 Å². The number of fused-ring (bicyclic) bond motifs is 2. The number of para-hydroxylation sites is 1. The first-order chi connectivity index (χ1) is 13.0. The van der Waals surface area contributed by atoms with E-state index in [9.17, 15) is 0 Å². The lowest BCUT2D eigenvalue weighted by atomic mass is 9.63. The van der Waals surface area contributed by atoms with Gasteiger partial charge >= 0.3 is 0 Å². The largest absolute Gasteiger partial charge is 0.493 e. The first-order valence-electron chi connectivity index (χ1n) is 9.85. The van der Waals surface area contributed by atoms with Gasteiger partial charge in [0.05, 0.1) is 14.2 Å². The Morgan fingerprint density at radius 3 is 2.59 bits per heavy atom. The predicted molar refractivity (Wildman–Crippen MR) is 110 cm³/mol. The predicted octanol–water partition coefficient (Wildman–Crippen LogP) is 4.00. The van der Waals surface area contributed by atoms with Crippen molar-refractivity contribution >= 4 is 5.69 Å². The molecular weight excluding hydrogens is 336 g/mol. The van der Waals surface area contributed by atoms with Crippen molar-refractivity contribution in [3.8, 4) is 11.5 Å². The first-order valence-corrected chi connectivity index (χ1v) is 9.85. The van der Waals surface area contributed by atoms with Gasteiger partial charge in [-0.2, -0.15) is 0 Å². The maximum absolute atomic E-state index is 5.49. The molecule has 1 saturated heterocycles. The second-order valence-corrected chi connectivity index (χ2v) is 8.29. The number of anilines is 1. The molecule has 144 valence electrons. The highest BCUT2D eigenvalue weighted by Gasteiger charge is 2.46. The minimum Gasteiger partial charge on any atom is -0.493 e. The molecule has 3 atom stereocenters. The third-order valence-corrected chi connectivity index (χ3v) is 6.50. The molecule has 2 N–H and O–H groups in total. The number of piperidine rings is 1. The van der Waals surface area contributed by atoms with Crippen LogP contribution in [-0.4, -0.2) is 32.8 Å². The lowest BCUT2D eigenvalue weighted by Gasteiger charge is -2.51. The number of benzene rings is 2. The zero-order valence-corrected chi connectivity index (χ0v) is 16.7. The summed E-state index contributed by atoms with van der Waals surface area (Å²) in [6.45, 7) is 5.87. The molecule has 4 heteroatoms. The zero-order valence-electron chi connectivity index (χ0n) is 16.7. The van der Waals surface area contributed by atoms with Crippen LogP contribution < -0.4 is 20.1 Å². The Bertz CT molecular complexity index is 818. The topological polar surface area (TPSA) is 42.5 Å². The lowest BCUT2D eigenvalue weighted by molar-refractivity contribution is 0.177. The second-order valence-electron chi connectivity index (χ2n) is 8.29. The molecular formula is C23H30N2O2.